The van der Waals surface area contributed by atoms with Gasteiger partial charge in [-0.2, -0.15) is 0 Å². The molecule has 0 N–H and O–H groups in total. The van der Waals surface area contributed by atoms with E-state index >= 15 is 0 Å². The molecule has 0 aliphatic carbocycles. The van der Waals surface area contributed by atoms with Crippen molar-refractivity contribution in [1.82, 2.24) is 15.0 Å². The highest BCUT2D eigenvalue weighted by Gasteiger charge is 2.14. The maximum Gasteiger partial charge on any atom is 0.164 e. The van der Waals surface area contributed by atoms with Gasteiger partial charge in [0.2, 0.25) is 0 Å². The van der Waals surface area contributed by atoms with Crippen molar-refractivity contribution in [2.75, 3.05) is 0 Å². The van der Waals surface area contributed by atoms with E-state index in [1.807, 2.05) is 60.7 Å². The molecule has 0 bridgehead atoms. The van der Waals surface area contributed by atoms with E-state index in [4.69, 9.17) is 24.5 Å². The zero-order chi connectivity index (χ0) is 45.6. The number of furan rings is 1. The van der Waals surface area contributed by atoms with Crippen LogP contribution in [0.2, 0.25) is 0 Å². The van der Waals surface area contributed by atoms with Crippen molar-refractivity contribution in [1.29, 1.82) is 0 Å². The summed E-state index contributed by atoms with van der Waals surface area (Å²) in [4.78, 5) is 13.9. The van der Waals surface area contributed by atoms with Gasteiger partial charge in [-0.3, -0.25) is 0 Å². The van der Waals surface area contributed by atoms with Crippen LogP contribution in [0.25, 0.3) is 89.5 Å². The topological polar surface area (TPSA) is 51.8 Å². The summed E-state index contributed by atoms with van der Waals surface area (Å²) in [6.45, 7) is 0. The Balaban J connectivity index is 1.23. The van der Waals surface area contributed by atoms with Gasteiger partial charge in [-0.1, -0.05) is 170 Å². The molecule has 0 atom stereocenters. The molecule has 0 aliphatic rings. The van der Waals surface area contributed by atoms with Gasteiger partial charge in [0.25, 0.3) is 0 Å². The second-order valence-corrected chi connectivity index (χ2v) is 10.9. The van der Waals surface area contributed by atoms with E-state index < -0.39 is 124 Å². The third-order valence-corrected chi connectivity index (χ3v) is 7.83. The van der Waals surface area contributed by atoms with Crippen LogP contribution in [0.1, 0.15) is 20.6 Å². The van der Waals surface area contributed by atoms with Gasteiger partial charge in [-0.15, -0.1) is 0 Å². The molecule has 0 radical (unpaired) electrons. The summed E-state index contributed by atoms with van der Waals surface area (Å²) < 4.78 is 139. The second-order valence-electron chi connectivity index (χ2n) is 10.9. The molecule has 2 aromatic heterocycles. The van der Waals surface area contributed by atoms with Crippen molar-refractivity contribution in [3.05, 3.63) is 176 Å². The lowest BCUT2D eigenvalue weighted by Crippen LogP contribution is -2.00. The molecule has 0 amide bonds. The Morgan fingerprint density at radius 3 is 1.49 bits per heavy atom. The second kappa shape index (κ2) is 12.2. The van der Waals surface area contributed by atoms with Crippen molar-refractivity contribution in [2.24, 2.45) is 0 Å². The summed E-state index contributed by atoms with van der Waals surface area (Å²) in [6.07, 6.45) is 0. The standard InChI is InChI=1S/C45H29N3O/c1-3-10-30(11-4-1)31-20-26-36(27-21-31)44-46-43(35-12-5-2-6-13-35)47-45(48-44)37-28-22-33(23-29-37)32-18-24-34(25-19-32)38-15-9-16-40-39-14-7-8-17-41(39)49-42(38)40/h1-29H/i7D,8D,9D,14D,15D,16D,17D,18D,19D,22D,23D,24D,25D,28D,29D. The summed E-state index contributed by atoms with van der Waals surface area (Å²) in [5.74, 6) is 0.168. The molecule has 7 aromatic carbocycles. The first kappa shape index (κ1) is 17.0. The summed E-state index contributed by atoms with van der Waals surface area (Å²) in [7, 11) is 0. The van der Waals surface area contributed by atoms with Crippen LogP contribution in [0.5, 0.6) is 0 Å². The molecule has 4 nitrogen and oxygen atoms in total. The quantitative estimate of drug-likeness (QED) is 0.181. The minimum atomic E-state index is -0.827. The highest BCUT2D eigenvalue weighted by Crippen LogP contribution is 2.36. The molecule has 0 saturated heterocycles. The van der Waals surface area contributed by atoms with Crippen LogP contribution < -0.4 is 0 Å². The first-order chi connectivity index (χ1) is 30.5. The van der Waals surface area contributed by atoms with E-state index in [9.17, 15) is 5.48 Å². The Kier molecular flexibility index (Phi) is 4.21. The van der Waals surface area contributed by atoms with Crippen molar-refractivity contribution in [3.63, 3.8) is 0 Å². The minimum Gasteiger partial charge on any atom is -0.455 e. The van der Waals surface area contributed by atoms with Gasteiger partial charge in [0, 0.05) is 33.0 Å². The molecular weight excluding hydrogens is 599 g/mol. The van der Waals surface area contributed by atoms with Crippen molar-refractivity contribution in [2.45, 2.75) is 0 Å². The maximum atomic E-state index is 9.20. The van der Waals surface area contributed by atoms with Gasteiger partial charge < -0.3 is 4.42 Å². The summed E-state index contributed by atoms with van der Waals surface area (Å²) in [5.41, 5.74) is -0.306. The van der Waals surface area contributed by atoms with Crippen LogP contribution in [0.3, 0.4) is 0 Å². The lowest BCUT2D eigenvalue weighted by Gasteiger charge is -2.10. The van der Waals surface area contributed by atoms with Crippen LogP contribution >= 0.6 is 0 Å². The van der Waals surface area contributed by atoms with Crippen LogP contribution in [-0.2, 0) is 0 Å². The van der Waals surface area contributed by atoms with Crippen LogP contribution in [0.15, 0.2) is 180 Å². The van der Waals surface area contributed by atoms with E-state index in [0.717, 1.165) is 11.1 Å². The predicted octanol–water partition coefficient (Wildman–Crippen LogP) is 11.8. The molecule has 0 saturated carbocycles. The number of para-hydroxylation sites is 2. The minimum absolute atomic E-state index is 0.180. The highest BCUT2D eigenvalue weighted by atomic mass is 16.3. The molecule has 9 rings (SSSR count). The summed E-state index contributed by atoms with van der Waals surface area (Å²) in [6, 6.07) is 15.4. The predicted molar refractivity (Wildman–Crippen MR) is 200 cm³/mol. The largest absolute Gasteiger partial charge is 0.455 e. The number of hydrogen-bond donors (Lipinski definition) is 0. The SMILES string of the molecule is [2H]c1c([2H])c(-c2c([2H])c([2H])c(-c3c([2H])c([2H])c([2H])c4c3oc3c([2H])c([2H])c([2H])c([2H])c34)c([2H])c2[2H])c([2H])c([2H])c1-c1nc(-c2ccccc2)nc(-c2ccc(-c3ccccc3)cc2)n1. The zero-order valence-electron chi connectivity index (χ0n) is 40.3. The number of fused-ring (bicyclic) bond motifs is 3. The molecule has 0 spiro atoms. The van der Waals surface area contributed by atoms with E-state index in [1.165, 1.54) is 0 Å². The third kappa shape index (κ3) is 5.45. The fourth-order valence-corrected chi connectivity index (χ4v) is 5.39. The first-order valence-corrected chi connectivity index (χ1v) is 15.1. The molecule has 0 fully saturated rings. The monoisotopic (exact) mass is 642 g/mol. The van der Waals surface area contributed by atoms with Crippen LogP contribution in [-0.4, -0.2) is 15.0 Å². The normalized spacial score (nSPS) is 15.6. The summed E-state index contributed by atoms with van der Waals surface area (Å²) >= 11 is 0. The van der Waals surface area contributed by atoms with E-state index in [0.29, 0.717) is 11.1 Å². The fourth-order valence-electron chi connectivity index (χ4n) is 5.39. The molecular formula is C45H29N3O. The van der Waals surface area contributed by atoms with Gasteiger partial charge >= 0.3 is 0 Å². The maximum absolute atomic E-state index is 9.20. The average Bonchev–Trinajstić information content (AvgIpc) is 3.71. The van der Waals surface area contributed by atoms with Gasteiger partial charge in [0.05, 0.1) is 20.6 Å². The Hall–Kier alpha value is -6.65. The first-order valence-electron chi connectivity index (χ1n) is 22.6. The third-order valence-electron chi connectivity index (χ3n) is 7.83. The number of nitrogens with zero attached hydrogens (tertiary/aromatic N) is 3. The number of benzene rings is 7. The number of hydrogen-bond acceptors (Lipinski definition) is 4. The van der Waals surface area contributed by atoms with Crippen molar-refractivity contribution in [3.8, 4) is 67.5 Å². The Morgan fingerprint density at radius 2 is 0.837 bits per heavy atom. The Labute approximate surface area is 305 Å². The van der Waals surface area contributed by atoms with Crippen molar-refractivity contribution >= 4 is 21.9 Å². The van der Waals surface area contributed by atoms with Crippen LogP contribution in [0, 0.1) is 0 Å². The van der Waals surface area contributed by atoms with Gasteiger partial charge in [0.1, 0.15) is 11.2 Å². The van der Waals surface area contributed by atoms with Gasteiger partial charge in [-0.05, 0) is 33.9 Å². The average molecular weight is 643 g/mol. The zero-order valence-corrected chi connectivity index (χ0v) is 25.3. The Bertz CT molecular complexity index is 3380. The summed E-state index contributed by atoms with van der Waals surface area (Å²) in [5, 5.41) is -0.561. The fraction of sp³-hybridized carbons (Fsp3) is 0. The molecule has 4 heteroatoms. The molecule has 0 unspecified atom stereocenters. The number of aromatic nitrogens is 3. The van der Waals surface area contributed by atoms with E-state index in [-0.39, 0.29) is 33.8 Å². The lowest BCUT2D eigenvalue weighted by atomic mass is 9.98. The van der Waals surface area contributed by atoms with E-state index in [1.54, 1.807) is 24.3 Å². The smallest absolute Gasteiger partial charge is 0.164 e. The molecule has 9 aromatic rings. The van der Waals surface area contributed by atoms with Crippen LogP contribution in [0.4, 0.5) is 0 Å². The van der Waals surface area contributed by atoms with E-state index in [2.05, 4.69) is 9.97 Å². The van der Waals surface area contributed by atoms with Gasteiger partial charge in [-0.25, -0.2) is 15.0 Å². The lowest BCUT2D eigenvalue weighted by molar-refractivity contribution is 0.670. The molecule has 0 aliphatic heterocycles. The molecule has 49 heavy (non-hydrogen) atoms. The van der Waals surface area contributed by atoms with Crippen molar-refractivity contribution < 1.29 is 25.0 Å². The molecule has 2 heterocycles. The Morgan fingerprint density at radius 1 is 0.367 bits per heavy atom. The highest BCUT2D eigenvalue weighted by molar-refractivity contribution is 6.09. The molecule has 230 valence electrons. The number of rotatable bonds is 6. The van der Waals surface area contributed by atoms with Gasteiger partial charge in [0.15, 0.2) is 17.5 Å².